The van der Waals surface area contributed by atoms with E-state index in [-0.39, 0.29) is 11.8 Å². The number of likely N-dealkylation sites (tertiary alicyclic amines) is 1. The lowest BCUT2D eigenvalue weighted by atomic mass is 10.2. The molecule has 0 aromatic carbocycles. The van der Waals surface area contributed by atoms with Crippen LogP contribution in [-0.2, 0) is 6.54 Å². The van der Waals surface area contributed by atoms with Crippen molar-refractivity contribution in [2.45, 2.75) is 19.0 Å². The van der Waals surface area contributed by atoms with Gasteiger partial charge in [-0.3, -0.25) is 4.79 Å². The number of hydrogen-bond donors (Lipinski definition) is 0. The number of amides is 1. The van der Waals surface area contributed by atoms with E-state index >= 15 is 0 Å². The molecule has 1 aliphatic heterocycles. The van der Waals surface area contributed by atoms with Crippen molar-refractivity contribution in [2.75, 3.05) is 41.3 Å². The number of aromatic nitrogens is 2. The molecule has 1 saturated heterocycles. The van der Waals surface area contributed by atoms with Crippen molar-refractivity contribution in [1.82, 2.24) is 24.9 Å². The molecule has 106 valence electrons. The Hall–Kier alpha value is -1.47. The first-order valence-corrected chi connectivity index (χ1v) is 6.40. The average Bonchev–Trinajstić information content (AvgIpc) is 2.95. The van der Waals surface area contributed by atoms with Crippen molar-refractivity contribution in [3.8, 4) is 0 Å². The van der Waals surface area contributed by atoms with Crippen LogP contribution in [0.1, 0.15) is 23.0 Å². The summed E-state index contributed by atoms with van der Waals surface area (Å²) in [4.78, 5) is 18.0. The monoisotopic (exact) mass is 267 g/mol. The van der Waals surface area contributed by atoms with Crippen LogP contribution in [0.3, 0.4) is 0 Å². The molecule has 0 bridgehead atoms. The number of nitrogens with zero attached hydrogens (tertiary/aromatic N) is 5. The molecule has 0 N–H and O–H groups in total. The molecular formula is C12H21N5O2. The van der Waals surface area contributed by atoms with E-state index in [9.17, 15) is 4.79 Å². The maximum absolute atomic E-state index is 12.2. The topological polar surface area (TPSA) is 65.7 Å². The highest BCUT2D eigenvalue weighted by Crippen LogP contribution is 2.16. The Labute approximate surface area is 113 Å². The first-order valence-electron chi connectivity index (χ1n) is 6.40. The second kappa shape index (κ2) is 5.66. The molecule has 0 saturated carbocycles. The first kappa shape index (κ1) is 14.0. The van der Waals surface area contributed by atoms with Crippen LogP contribution in [0.5, 0.6) is 0 Å². The van der Waals surface area contributed by atoms with Gasteiger partial charge in [-0.05, 0) is 34.6 Å². The molecule has 0 spiro atoms. The number of likely N-dealkylation sites (N-methyl/N-ethyl adjacent to an activating group) is 1. The number of hydrogen-bond acceptors (Lipinski definition) is 6. The van der Waals surface area contributed by atoms with Crippen LogP contribution < -0.4 is 0 Å². The van der Waals surface area contributed by atoms with Crippen LogP contribution >= 0.6 is 0 Å². The molecule has 1 aromatic rings. The summed E-state index contributed by atoms with van der Waals surface area (Å²) in [6.45, 7) is 2.00. The molecule has 2 heterocycles. The summed E-state index contributed by atoms with van der Waals surface area (Å²) in [6, 6.07) is 0.410. The fourth-order valence-corrected chi connectivity index (χ4v) is 2.16. The molecule has 7 heteroatoms. The fraction of sp³-hybridized carbons (Fsp3) is 0.750. The van der Waals surface area contributed by atoms with Crippen molar-refractivity contribution >= 4 is 5.91 Å². The molecule has 0 radical (unpaired) electrons. The Morgan fingerprint density at radius 3 is 2.68 bits per heavy atom. The predicted molar refractivity (Wildman–Crippen MR) is 69.7 cm³/mol. The van der Waals surface area contributed by atoms with Crippen LogP contribution in [0.15, 0.2) is 4.42 Å². The van der Waals surface area contributed by atoms with E-state index in [0.29, 0.717) is 18.5 Å². The summed E-state index contributed by atoms with van der Waals surface area (Å²) in [5, 5.41) is 7.72. The zero-order valence-electron chi connectivity index (χ0n) is 12.0. The summed E-state index contributed by atoms with van der Waals surface area (Å²) < 4.78 is 5.40. The Kier molecular flexibility index (Phi) is 4.16. The number of carbonyl (C=O) groups is 1. The summed E-state index contributed by atoms with van der Waals surface area (Å²) >= 11 is 0. The lowest BCUT2D eigenvalue weighted by Gasteiger charge is -2.19. The van der Waals surface area contributed by atoms with E-state index in [1.807, 2.05) is 33.1 Å². The Morgan fingerprint density at radius 2 is 2.11 bits per heavy atom. The molecule has 1 aliphatic rings. The van der Waals surface area contributed by atoms with Gasteiger partial charge in [0.1, 0.15) is 0 Å². The Bertz CT molecular complexity index is 443. The maximum atomic E-state index is 12.2. The smallest absolute Gasteiger partial charge is 0.311 e. The highest BCUT2D eigenvalue weighted by Gasteiger charge is 2.30. The molecule has 1 fully saturated rings. The maximum Gasteiger partial charge on any atom is 0.311 e. The molecule has 1 amide bonds. The summed E-state index contributed by atoms with van der Waals surface area (Å²) in [5.41, 5.74) is 0. The van der Waals surface area contributed by atoms with E-state index in [1.165, 1.54) is 0 Å². The second-order valence-electron chi connectivity index (χ2n) is 5.40. The normalized spacial score (nSPS) is 19.7. The van der Waals surface area contributed by atoms with E-state index < -0.39 is 0 Å². The SMILES string of the molecule is CN(C)Cc1nnc(C(=O)N2CC[C@@H](N(C)C)C2)o1. The predicted octanol–water partition coefficient (Wildman–Crippen LogP) is -0.0927. The second-order valence-corrected chi connectivity index (χ2v) is 5.40. The Morgan fingerprint density at radius 1 is 1.37 bits per heavy atom. The van der Waals surface area contributed by atoms with Crippen LogP contribution in [0.2, 0.25) is 0 Å². The quantitative estimate of drug-likeness (QED) is 0.759. The molecular weight excluding hydrogens is 246 g/mol. The van der Waals surface area contributed by atoms with E-state index in [1.54, 1.807) is 4.90 Å². The zero-order chi connectivity index (χ0) is 14.0. The standard InChI is InChI=1S/C12H21N5O2/c1-15(2)8-10-13-14-11(19-10)12(18)17-6-5-9(7-17)16(3)4/h9H,5-8H2,1-4H3/t9-/m1/s1. The van der Waals surface area contributed by atoms with Gasteiger partial charge in [0, 0.05) is 19.1 Å². The van der Waals surface area contributed by atoms with Gasteiger partial charge in [0.15, 0.2) is 0 Å². The summed E-state index contributed by atoms with van der Waals surface area (Å²) in [5.74, 6) is 0.398. The van der Waals surface area contributed by atoms with Gasteiger partial charge >= 0.3 is 11.8 Å². The lowest BCUT2D eigenvalue weighted by Crippen LogP contribution is -2.34. The van der Waals surface area contributed by atoms with Gasteiger partial charge in [0.25, 0.3) is 0 Å². The summed E-state index contributed by atoms with van der Waals surface area (Å²) in [7, 11) is 7.88. The highest BCUT2D eigenvalue weighted by molar-refractivity contribution is 5.89. The fourth-order valence-electron chi connectivity index (χ4n) is 2.16. The molecule has 0 unspecified atom stereocenters. The van der Waals surface area contributed by atoms with Gasteiger partial charge < -0.3 is 19.1 Å². The molecule has 19 heavy (non-hydrogen) atoms. The first-order chi connectivity index (χ1) is 8.97. The molecule has 0 aliphatic carbocycles. The minimum atomic E-state index is -0.165. The number of carbonyl (C=O) groups excluding carboxylic acids is 1. The minimum Gasteiger partial charge on any atom is -0.415 e. The van der Waals surface area contributed by atoms with Crippen molar-refractivity contribution in [3.05, 3.63) is 11.8 Å². The van der Waals surface area contributed by atoms with Crippen molar-refractivity contribution in [3.63, 3.8) is 0 Å². The van der Waals surface area contributed by atoms with Gasteiger partial charge in [-0.25, -0.2) is 0 Å². The molecule has 1 atom stereocenters. The van der Waals surface area contributed by atoms with Crippen LogP contribution in [0.4, 0.5) is 0 Å². The largest absolute Gasteiger partial charge is 0.415 e. The van der Waals surface area contributed by atoms with Gasteiger partial charge in [-0.2, -0.15) is 0 Å². The van der Waals surface area contributed by atoms with Crippen molar-refractivity contribution in [2.24, 2.45) is 0 Å². The average molecular weight is 267 g/mol. The molecule has 1 aromatic heterocycles. The van der Waals surface area contributed by atoms with E-state index in [2.05, 4.69) is 15.1 Å². The van der Waals surface area contributed by atoms with Crippen LogP contribution in [-0.4, -0.2) is 78.1 Å². The van der Waals surface area contributed by atoms with E-state index in [0.717, 1.165) is 19.5 Å². The van der Waals surface area contributed by atoms with Crippen molar-refractivity contribution in [1.29, 1.82) is 0 Å². The van der Waals surface area contributed by atoms with Crippen LogP contribution in [0, 0.1) is 0 Å². The lowest BCUT2D eigenvalue weighted by molar-refractivity contribution is 0.0740. The summed E-state index contributed by atoms with van der Waals surface area (Å²) in [6.07, 6.45) is 0.984. The molecule has 2 rings (SSSR count). The van der Waals surface area contributed by atoms with E-state index in [4.69, 9.17) is 4.42 Å². The minimum absolute atomic E-state index is 0.0938. The van der Waals surface area contributed by atoms with Gasteiger partial charge in [-0.1, -0.05) is 0 Å². The van der Waals surface area contributed by atoms with Crippen LogP contribution in [0.25, 0.3) is 0 Å². The number of rotatable bonds is 4. The van der Waals surface area contributed by atoms with Gasteiger partial charge in [0.05, 0.1) is 6.54 Å². The third-order valence-corrected chi connectivity index (χ3v) is 3.28. The third kappa shape index (κ3) is 3.30. The molecule has 7 nitrogen and oxygen atoms in total. The zero-order valence-corrected chi connectivity index (χ0v) is 12.0. The van der Waals surface area contributed by atoms with Crippen molar-refractivity contribution < 1.29 is 9.21 Å². The van der Waals surface area contributed by atoms with Gasteiger partial charge in [-0.15, -0.1) is 10.2 Å². The third-order valence-electron chi connectivity index (χ3n) is 3.28. The highest BCUT2D eigenvalue weighted by atomic mass is 16.4. The van der Waals surface area contributed by atoms with Gasteiger partial charge in [0.2, 0.25) is 5.89 Å². The Balaban J connectivity index is 1.98.